The van der Waals surface area contributed by atoms with Gasteiger partial charge in [0.25, 0.3) is 0 Å². The number of aryl methyl sites for hydroxylation is 1. The molecule has 1 aromatic heterocycles. The van der Waals surface area contributed by atoms with Crippen molar-refractivity contribution in [2.75, 3.05) is 11.9 Å². The van der Waals surface area contributed by atoms with Gasteiger partial charge in [0.1, 0.15) is 5.82 Å². The molecule has 3 rings (SSSR count). The van der Waals surface area contributed by atoms with Crippen LogP contribution in [-0.4, -0.2) is 28.1 Å². The first kappa shape index (κ1) is 17.9. The van der Waals surface area contributed by atoms with Crippen molar-refractivity contribution >= 4 is 17.6 Å². The third-order valence-corrected chi connectivity index (χ3v) is 4.40. The van der Waals surface area contributed by atoms with Gasteiger partial charge in [-0.2, -0.15) is 5.10 Å². The average molecular weight is 352 g/mol. The first-order chi connectivity index (χ1) is 12.6. The number of hydrogen-bond acceptors (Lipinski definition) is 3. The molecule has 0 bridgehead atoms. The second-order valence-corrected chi connectivity index (χ2v) is 6.49. The van der Waals surface area contributed by atoms with E-state index in [1.165, 1.54) is 18.4 Å². The van der Waals surface area contributed by atoms with E-state index in [0.717, 1.165) is 30.6 Å². The molecule has 2 N–H and O–H groups in total. The van der Waals surface area contributed by atoms with E-state index in [9.17, 15) is 9.59 Å². The molecule has 1 aliphatic rings. The van der Waals surface area contributed by atoms with Gasteiger partial charge >= 0.3 is 11.8 Å². The number of para-hydroxylation sites is 1. The molecule has 1 aromatic carbocycles. The number of carbonyl (C=O) groups is 2. The molecule has 26 heavy (non-hydrogen) atoms. The molecule has 0 atom stereocenters. The van der Waals surface area contributed by atoms with Crippen molar-refractivity contribution in [1.29, 1.82) is 0 Å². The molecular formula is C20H24N4O2. The van der Waals surface area contributed by atoms with Crippen LogP contribution in [0, 0.1) is 6.92 Å². The molecule has 2 amide bonds. The van der Waals surface area contributed by atoms with Crippen LogP contribution in [0.3, 0.4) is 0 Å². The van der Waals surface area contributed by atoms with E-state index < -0.39 is 11.8 Å². The Morgan fingerprint density at radius 3 is 2.69 bits per heavy atom. The topological polar surface area (TPSA) is 76.0 Å². The lowest BCUT2D eigenvalue weighted by Crippen LogP contribution is -2.36. The minimum atomic E-state index is -0.681. The summed E-state index contributed by atoms with van der Waals surface area (Å²) in [4.78, 5) is 24.3. The molecule has 0 fully saturated rings. The average Bonchev–Trinajstić information content (AvgIpc) is 3.03. The zero-order valence-electron chi connectivity index (χ0n) is 15.0. The fourth-order valence-electron chi connectivity index (χ4n) is 3.08. The summed E-state index contributed by atoms with van der Waals surface area (Å²) in [7, 11) is 0. The third-order valence-electron chi connectivity index (χ3n) is 4.40. The molecule has 0 aliphatic heterocycles. The lowest BCUT2D eigenvalue weighted by molar-refractivity contribution is -0.136. The normalized spacial score (nSPS) is 13.8. The van der Waals surface area contributed by atoms with Gasteiger partial charge in [0.15, 0.2) is 0 Å². The molecule has 136 valence electrons. The highest BCUT2D eigenvalue weighted by Crippen LogP contribution is 2.19. The number of amides is 2. The van der Waals surface area contributed by atoms with Gasteiger partial charge in [-0.15, -0.1) is 0 Å². The largest absolute Gasteiger partial charge is 0.348 e. The maximum atomic E-state index is 12.2. The van der Waals surface area contributed by atoms with Crippen LogP contribution < -0.4 is 10.6 Å². The molecule has 6 heteroatoms. The van der Waals surface area contributed by atoms with Crippen LogP contribution in [0.15, 0.2) is 48.0 Å². The van der Waals surface area contributed by atoms with E-state index in [1.807, 2.05) is 37.3 Å². The van der Waals surface area contributed by atoms with Gasteiger partial charge in [-0.3, -0.25) is 9.59 Å². The Kier molecular flexibility index (Phi) is 5.84. The Hall–Kier alpha value is -2.89. The molecule has 6 nitrogen and oxygen atoms in total. The summed E-state index contributed by atoms with van der Waals surface area (Å²) in [6.07, 6.45) is 7.72. The van der Waals surface area contributed by atoms with Crippen LogP contribution >= 0.6 is 0 Å². The second-order valence-electron chi connectivity index (χ2n) is 6.49. The number of nitrogens with one attached hydrogen (secondary N) is 2. The molecule has 1 heterocycles. The Labute approximate surface area is 153 Å². The van der Waals surface area contributed by atoms with E-state index >= 15 is 0 Å². The van der Waals surface area contributed by atoms with Gasteiger partial charge in [-0.25, -0.2) is 4.68 Å². The monoisotopic (exact) mass is 352 g/mol. The van der Waals surface area contributed by atoms with Crippen molar-refractivity contribution < 1.29 is 9.59 Å². The van der Waals surface area contributed by atoms with Gasteiger partial charge in [0.05, 0.1) is 11.4 Å². The van der Waals surface area contributed by atoms with Gasteiger partial charge in [-0.05, 0) is 51.2 Å². The lowest BCUT2D eigenvalue weighted by atomic mass is 9.97. The molecule has 0 unspecified atom stereocenters. The molecule has 0 saturated carbocycles. The zero-order chi connectivity index (χ0) is 18.4. The fraction of sp³-hybridized carbons (Fsp3) is 0.350. The van der Waals surface area contributed by atoms with Crippen LogP contribution in [0.5, 0.6) is 0 Å². The quantitative estimate of drug-likeness (QED) is 0.641. The van der Waals surface area contributed by atoms with Gasteiger partial charge in [0, 0.05) is 12.6 Å². The van der Waals surface area contributed by atoms with Crippen molar-refractivity contribution in [3.63, 3.8) is 0 Å². The number of aromatic nitrogens is 2. The van der Waals surface area contributed by atoms with Crippen molar-refractivity contribution in [3.8, 4) is 5.69 Å². The highest BCUT2D eigenvalue weighted by molar-refractivity contribution is 6.39. The van der Waals surface area contributed by atoms with Crippen LogP contribution in [0.4, 0.5) is 5.82 Å². The SMILES string of the molecule is Cc1cc(NC(=O)C(=O)NCCC2=CCCCC2)n(-c2ccccc2)n1. The van der Waals surface area contributed by atoms with E-state index in [4.69, 9.17) is 0 Å². The Morgan fingerprint density at radius 2 is 1.96 bits per heavy atom. The van der Waals surface area contributed by atoms with Crippen LogP contribution in [-0.2, 0) is 9.59 Å². The number of nitrogens with zero attached hydrogens (tertiary/aromatic N) is 2. The summed E-state index contributed by atoms with van der Waals surface area (Å²) >= 11 is 0. The zero-order valence-corrected chi connectivity index (χ0v) is 15.0. The summed E-state index contributed by atoms with van der Waals surface area (Å²) in [6.45, 7) is 2.32. The number of benzene rings is 1. The van der Waals surface area contributed by atoms with E-state index in [2.05, 4.69) is 21.8 Å². The highest BCUT2D eigenvalue weighted by Gasteiger charge is 2.17. The third kappa shape index (κ3) is 4.59. The van der Waals surface area contributed by atoms with Gasteiger partial charge in [0.2, 0.25) is 0 Å². The predicted octanol–water partition coefficient (Wildman–Crippen LogP) is 3.13. The molecular weight excluding hydrogens is 328 g/mol. The summed E-state index contributed by atoms with van der Waals surface area (Å²) in [5, 5.41) is 9.73. The number of carbonyl (C=O) groups excluding carboxylic acids is 2. The number of anilines is 1. The minimum absolute atomic E-state index is 0.476. The van der Waals surface area contributed by atoms with E-state index in [-0.39, 0.29) is 0 Å². The van der Waals surface area contributed by atoms with Crippen LogP contribution in [0.2, 0.25) is 0 Å². The van der Waals surface area contributed by atoms with Gasteiger partial charge in [-0.1, -0.05) is 29.8 Å². The molecule has 2 aromatic rings. The second kappa shape index (κ2) is 8.47. The van der Waals surface area contributed by atoms with Crippen molar-refractivity contribution in [2.45, 2.75) is 39.0 Å². The van der Waals surface area contributed by atoms with Crippen LogP contribution in [0.25, 0.3) is 5.69 Å². The Bertz CT molecular complexity index is 808. The van der Waals surface area contributed by atoms with Crippen molar-refractivity contribution in [2.24, 2.45) is 0 Å². The molecule has 0 spiro atoms. The van der Waals surface area contributed by atoms with Crippen LogP contribution in [0.1, 0.15) is 37.8 Å². The lowest BCUT2D eigenvalue weighted by Gasteiger charge is -2.13. The first-order valence-corrected chi connectivity index (χ1v) is 9.02. The summed E-state index contributed by atoms with van der Waals surface area (Å²) in [6, 6.07) is 11.2. The summed E-state index contributed by atoms with van der Waals surface area (Å²) in [5.74, 6) is -0.830. The van der Waals surface area contributed by atoms with E-state index in [1.54, 1.807) is 10.7 Å². The number of allylic oxidation sites excluding steroid dienone is 1. The van der Waals surface area contributed by atoms with Crippen molar-refractivity contribution in [3.05, 3.63) is 53.7 Å². The number of hydrogen-bond donors (Lipinski definition) is 2. The first-order valence-electron chi connectivity index (χ1n) is 9.02. The predicted molar refractivity (Wildman–Crippen MR) is 101 cm³/mol. The number of rotatable bonds is 5. The molecule has 1 aliphatic carbocycles. The highest BCUT2D eigenvalue weighted by atomic mass is 16.2. The molecule has 0 saturated heterocycles. The Balaban J connectivity index is 1.57. The Morgan fingerprint density at radius 1 is 1.15 bits per heavy atom. The van der Waals surface area contributed by atoms with Crippen molar-refractivity contribution in [1.82, 2.24) is 15.1 Å². The maximum Gasteiger partial charge on any atom is 0.314 e. The summed E-state index contributed by atoms with van der Waals surface area (Å²) < 4.78 is 1.62. The minimum Gasteiger partial charge on any atom is -0.348 e. The standard InChI is InChI=1S/C20H24N4O2/c1-15-14-18(24(23-15)17-10-6-3-7-11-17)22-20(26)19(25)21-13-12-16-8-4-2-5-9-16/h3,6-8,10-11,14H,2,4-5,9,12-13H2,1H3,(H,21,25)(H,22,26). The maximum absolute atomic E-state index is 12.2. The summed E-state index contributed by atoms with van der Waals surface area (Å²) in [5.41, 5.74) is 2.95. The molecule has 0 radical (unpaired) electrons. The van der Waals surface area contributed by atoms with Gasteiger partial charge < -0.3 is 10.6 Å². The van der Waals surface area contributed by atoms with E-state index in [0.29, 0.717) is 12.4 Å². The smallest absolute Gasteiger partial charge is 0.314 e. The fourth-order valence-corrected chi connectivity index (χ4v) is 3.08.